The molecule has 2 heterocycles. The zero-order chi connectivity index (χ0) is 45.6. The topological polar surface area (TPSA) is 183 Å². The lowest BCUT2D eigenvalue weighted by Gasteiger charge is -2.27. The molecule has 336 valence electrons. The highest BCUT2D eigenvalue weighted by atomic mass is 32.2. The third-order valence-electron chi connectivity index (χ3n) is 12.2. The number of hydrogen-bond acceptors (Lipinski definition) is 9. The first-order valence-corrected chi connectivity index (χ1v) is 27.6. The van der Waals surface area contributed by atoms with Gasteiger partial charge in [0.1, 0.15) is 11.4 Å². The molecule has 62 heavy (non-hydrogen) atoms. The van der Waals surface area contributed by atoms with Crippen LogP contribution < -0.4 is 4.90 Å². The van der Waals surface area contributed by atoms with Crippen LogP contribution >= 0.6 is 0 Å². The number of unbranched alkanes of at least 4 members (excludes halogenated alkanes) is 3. The lowest BCUT2D eigenvalue weighted by molar-refractivity contribution is -0.438. The lowest BCUT2D eigenvalue weighted by Crippen LogP contribution is -2.29. The molecule has 0 aliphatic carbocycles. The molecule has 16 heteroatoms. The van der Waals surface area contributed by atoms with Gasteiger partial charge in [0.05, 0.1) is 32.5 Å². The summed E-state index contributed by atoms with van der Waals surface area (Å²) in [6.45, 7) is 14.8. The van der Waals surface area contributed by atoms with E-state index in [9.17, 15) is 42.8 Å². The Morgan fingerprint density at radius 3 is 1.95 bits per heavy atom. The van der Waals surface area contributed by atoms with Crippen LogP contribution in [-0.4, -0.2) is 83.4 Å². The molecule has 0 bridgehead atoms. The zero-order valence-electron chi connectivity index (χ0n) is 36.6. The average Bonchev–Trinajstić information content (AvgIpc) is 3.54. The first kappa shape index (κ1) is 47.5. The second kappa shape index (κ2) is 17.6. The number of nitrogens with zero attached hydrogens (tertiary/aromatic N) is 2. The Kier molecular flexibility index (Phi) is 13.5. The van der Waals surface area contributed by atoms with Crippen molar-refractivity contribution in [1.29, 1.82) is 0 Å². The minimum Gasteiger partial charge on any atom is -0.344 e. The highest BCUT2D eigenvalue weighted by molar-refractivity contribution is 7.91. The molecule has 2 aliphatic rings. The smallest absolute Gasteiger partial charge is 0.295 e. The van der Waals surface area contributed by atoms with Gasteiger partial charge in [-0.05, 0) is 104 Å². The fraction of sp³-hybridized carbons (Fsp3) is 0.457. The van der Waals surface area contributed by atoms with Gasteiger partial charge in [-0.1, -0.05) is 65.7 Å². The quantitative estimate of drug-likeness (QED) is 0.0552. The molecule has 2 aliphatic heterocycles. The van der Waals surface area contributed by atoms with E-state index in [0.29, 0.717) is 31.2 Å². The number of allylic oxidation sites excluding steroid dienone is 4. The molecule has 0 saturated heterocycles. The van der Waals surface area contributed by atoms with Crippen LogP contribution in [0.2, 0.25) is 0 Å². The van der Waals surface area contributed by atoms with E-state index in [1.807, 2.05) is 88.9 Å². The SMILES string of the molecule is CCCCC[N+]1=C(C=CC=C2N(CCCS(=O)(=O)O)c3ccc4ccc(S(=O)(=O)CCC)cc4c3C2(C)C)C(C)(C)c2c1ccc1c(S(=O)(=O)O)cc(S(=O)(=O)CCCC)cc21. The Bertz CT molecular complexity index is 2980. The van der Waals surface area contributed by atoms with Crippen LogP contribution in [-0.2, 0) is 50.7 Å². The van der Waals surface area contributed by atoms with E-state index >= 15 is 0 Å². The van der Waals surface area contributed by atoms with Gasteiger partial charge in [0, 0.05) is 52.9 Å². The predicted octanol–water partition coefficient (Wildman–Crippen LogP) is 9.08. The summed E-state index contributed by atoms with van der Waals surface area (Å²) in [4.78, 5) is 1.63. The largest absolute Gasteiger partial charge is 0.344 e. The number of rotatable bonds is 18. The number of hydrogen-bond donors (Lipinski definition) is 2. The molecule has 0 amide bonds. The summed E-state index contributed by atoms with van der Waals surface area (Å²) in [6.07, 6.45) is 10.3. The lowest BCUT2D eigenvalue weighted by atomic mass is 9.78. The van der Waals surface area contributed by atoms with Gasteiger partial charge in [-0.2, -0.15) is 21.4 Å². The number of benzene rings is 4. The van der Waals surface area contributed by atoms with Crippen LogP contribution in [0.5, 0.6) is 0 Å². The predicted molar refractivity (Wildman–Crippen MR) is 248 cm³/mol. The zero-order valence-corrected chi connectivity index (χ0v) is 39.9. The van der Waals surface area contributed by atoms with Crippen molar-refractivity contribution in [2.45, 2.75) is 119 Å². The van der Waals surface area contributed by atoms with Crippen molar-refractivity contribution in [3.05, 3.63) is 89.6 Å². The maximum Gasteiger partial charge on any atom is 0.295 e. The van der Waals surface area contributed by atoms with Gasteiger partial charge in [-0.25, -0.2) is 16.8 Å². The van der Waals surface area contributed by atoms with E-state index in [4.69, 9.17) is 0 Å². The molecule has 12 nitrogen and oxygen atoms in total. The highest BCUT2D eigenvalue weighted by Gasteiger charge is 2.46. The van der Waals surface area contributed by atoms with Gasteiger partial charge < -0.3 is 4.90 Å². The standard InChI is InChI=1S/C46H58N2O10S4/c1-8-11-13-24-47-39-23-21-35-37(30-34(31-40(35)62(56,57)58)60(51,52)27-12-9-2)44(39)46(6,7)42(47)17-14-16-41-45(4,5)43-36-29-33(59(49,50)26-10-3)20-18-32(36)19-22-38(43)48(41)25-15-28-61(53,54)55/h14,16-23,29-31H,8-13,15,24-28H2,1-7H3,(H-,53,54,55,56,57,58)/p+1. The van der Waals surface area contributed by atoms with Crippen molar-refractivity contribution in [2.75, 3.05) is 35.2 Å². The second-order valence-electron chi connectivity index (χ2n) is 17.5. The van der Waals surface area contributed by atoms with Gasteiger partial charge in [0.15, 0.2) is 25.4 Å². The molecule has 0 aromatic heterocycles. The van der Waals surface area contributed by atoms with E-state index in [1.54, 1.807) is 24.3 Å². The van der Waals surface area contributed by atoms with Crippen LogP contribution in [0.3, 0.4) is 0 Å². The molecule has 0 spiro atoms. The maximum absolute atomic E-state index is 13.6. The third-order valence-corrected chi connectivity index (χ3v) is 17.6. The minimum absolute atomic E-state index is 0.0137. The van der Waals surface area contributed by atoms with Crippen LogP contribution in [0.1, 0.15) is 105 Å². The summed E-state index contributed by atoms with van der Waals surface area (Å²) in [6, 6.07) is 15.1. The van der Waals surface area contributed by atoms with Crippen LogP contribution in [0.15, 0.2) is 93.2 Å². The van der Waals surface area contributed by atoms with Crippen molar-refractivity contribution in [2.24, 2.45) is 0 Å². The van der Waals surface area contributed by atoms with Crippen molar-refractivity contribution in [3.8, 4) is 0 Å². The van der Waals surface area contributed by atoms with Crippen molar-refractivity contribution in [1.82, 2.24) is 0 Å². The number of anilines is 1. The molecular weight excluding hydrogens is 869 g/mol. The maximum atomic E-state index is 13.6. The van der Waals surface area contributed by atoms with Gasteiger partial charge in [0.25, 0.3) is 20.2 Å². The van der Waals surface area contributed by atoms with E-state index in [-0.39, 0.29) is 39.6 Å². The number of fused-ring (bicyclic) bond motifs is 6. The molecule has 0 unspecified atom stereocenters. The monoisotopic (exact) mass is 927 g/mol. The molecule has 2 N–H and O–H groups in total. The normalized spacial score (nSPS) is 17.2. The van der Waals surface area contributed by atoms with E-state index in [1.165, 1.54) is 0 Å². The van der Waals surface area contributed by atoms with Gasteiger partial charge in [-0.15, -0.1) is 0 Å². The summed E-state index contributed by atoms with van der Waals surface area (Å²) in [7, 11) is -16.5. The van der Waals surface area contributed by atoms with Crippen LogP contribution in [0, 0.1) is 0 Å². The molecule has 0 fully saturated rings. The Hall–Kier alpha value is -3.93. The molecule has 4 aromatic rings. The third kappa shape index (κ3) is 9.18. The van der Waals surface area contributed by atoms with Gasteiger partial charge in [0.2, 0.25) is 5.69 Å². The molecule has 4 aromatic carbocycles. The molecule has 0 atom stereocenters. The van der Waals surface area contributed by atoms with Crippen molar-refractivity contribution in [3.63, 3.8) is 0 Å². The van der Waals surface area contributed by atoms with E-state index < -0.39 is 61.4 Å². The number of sulfone groups is 2. The first-order chi connectivity index (χ1) is 28.9. The van der Waals surface area contributed by atoms with Gasteiger partial charge in [-0.3, -0.25) is 9.11 Å². The van der Waals surface area contributed by atoms with Crippen molar-refractivity contribution < 1.29 is 47.4 Å². The van der Waals surface area contributed by atoms with Gasteiger partial charge >= 0.3 is 0 Å². The minimum atomic E-state index is -4.82. The summed E-state index contributed by atoms with van der Waals surface area (Å²) in [5.41, 5.74) is 3.44. The highest BCUT2D eigenvalue weighted by Crippen LogP contribution is 2.51. The second-order valence-corrected chi connectivity index (χ2v) is 24.7. The molecule has 6 rings (SSSR count). The van der Waals surface area contributed by atoms with E-state index in [0.717, 1.165) is 70.0 Å². The first-order valence-electron chi connectivity index (χ1n) is 21.3. The Morgan fingerprint density at radius 1 is 0.645 bits per heavy atom. The Balaban J connectivity index is 1.53. The molecular formula is C46H59N2O10S4+. The van der Waals surface area contributed by atoms with Crippen LogP contribution in [0.25, 0.3) is 21.5 Å². The molecule has 0 saturated carbocycles. The average molecular weight is 928 g/mol. The van der Waals surface area contributed by atoms with E-state index in [2.05, 4.69) is 11.5 Å². The summed E-state index contributed by atoms with van der Waals surface area (Å²) < 4.78 is 125. The summed E-state index contributed by atoms with van der Waals surface area (Å²) in [5.74, 6) is -0.598. The van der Waals surface area contributed by atoms with Crippen LogP contribution in [0.4, 0.5) is 11.4 Å². The summed E-state index contributed by atoms with van der Waals surface area (Å²) in [5, 5.41) is 2.27. The Morgan fingerprint density at radius 2 is 1.31 bits per heavy atom. The fourth-order valence-electron chi connectivity index (χ4n) is 9.26. The fourth-order valence-corrected chi connectivity index (χ4v) is 13.4. The Labute approximate surface area is 367 Å². The molecule has 0 radical (unpaired) electrons. The summed E-state index contributed by atoms with van der Waals surface area (Å²) >= 11 is 0. The van der Waals surface area contributed by atoms with Crippen molar-refractivity contribution >= 4 is 78.5 Å².